The summed E-state index contributed by atoms with van der Waals surface area (Å²) in [7, 11) is 1.55. The maximum atomic E-state index is 12.2. The van der Waals surface area contributed by atoms with E-state index in [0.717, 1.165) is 15.8 Å². The molecule has 0 atom stereocenters. The molecule has 3 aromatic rings. The number of halogens is 1. The molecule has 1 N–H and O–H groups in total. The van der Waals surface area contributed by atoms with E-state index in [-0.39, 0.29) is 5.91 Å². The lowest BCUT2D eigenvalue weighted by Gasteiger charge is -2.07. The topological polar surface area (TPSA) is 55.6 Å². The molecule has 0 saturated heterocycles. The number of carbonyl (C=O) groups excluding carboxylic acids is 1. The van der Waals surface area contributed by atoms with Crippen LogP contribution in [-0.2, 0) is 6.54 Å². The Morgan fingerprint density at radius 1 is 1.27 bits per heavy atom. The zero-order valence-electron chi connectivity index (χ0n) is 11.9. The Morgan fingerprint density at radius 3 is 2.91 bits per heavy atom. The van der Waals surface area contributed by atoms with Crippen molar-refractivity contribution in [2.75, 3.05) is 7.11 Å². The first-order chi connectivity index (χ1) is 10.7. The molecular formula is C16H14BrN3O2. The van der Waals surface area contributed by atoms with E-state index in [9.17, 15) is 4.79 Å². The summed E-state index contributed by atoms with van der Waals surface area (Å²) in [6.45, 7) is 0.357. The molecule has 6 heteroatoms. The normalized spacial score (nSPS) is 10.6. The summed E-state index contributed by atoms with van der Waals surface area (Å²) in [6.07, 6.45) is 3.82. The Balaban J connectivity index is 1.74. The largest absolute Gasteiger partial charge is 0.496 e. The number of aromatic nitrogens is 2. The van der Waals surface area contributed by atoms with Crippen molar-refractivity contribution in [3.63, 3.8) is 0 Å². The third-order valence-electron chi connectivity index (χ3n) is 3.25. The summed E-state index contributed by atoms with van der Waals surface area (Å²) in [5, 5.41) is 2.86. The number of nitrogens with zero attached hydrogens (tertiary/aromatic N) is 2. The highest BCUT2D eigenvalue weighted by molar-refractivity contribution is 9.10. The van der Waals surface area contributed by atoms with Crippen molar-refractivity contribution in [1.29, 1.82) is 0 Å². The molecule has 2 aromatic heterocycles. The van der Waals surface area contributed by atoms with Crippen molar-refractivity contribution in [2.45, 2.75) is 6.54 Å². The monoisotopic (exact) mass is 359 g/mol. The first kappa shape index (κ1) is 14.6. The molecule has 0 bridgehead atoms. The summed E-state index contributed by atoms with van der Waals surface area (Å²) in [5.74, 6) is 0.370. The number of carbonyl (C=O) groups is 1. The second-order valence-corrected chi connectivity index (χ2v) is 5.64. The lowest BCUT2D eigenvalue weighted by Crippen LogP contribution is -2.23. The number of hydrogen-bond donors (Lipinski definition) is 1. The van der Waals surface area contributed by atoms with Gasteiger partial charge < -0.3 is 14.5 Å². The number of benzene rings is 1. The van der Waals surface area contributed by atoms with E-state index < -0.39 is 0 Å². The lowest BCUT2D eigenvalue weighted by molar-refractivity contribution is 0.0947. The molecule has 0 spiro atoms. The number of hydrogen-bond acceptors (Lipinski definition) is 3. The predicted octanol–water partition coefficient (Wildman–Crippen LogP) is 3.04. The van der Waals surface area contributed by atoms with Crippen LogP contribution in [0.3, 0.4) is 0 Å². The van der Waals surface area contributed by atoms with E-state index >= 15 is 0 Å². The Labute approximate surface area is 136 Å². The summed E-state index contributed by atoms with van der Waals surface area (Å²) >= 11 is 3.42. The lowest BCUT2D eigenvalue weighted by atomic mass is 10.2. The van der Waals surface area contributed by atoms with E-state index in [1.54, 1.807) is 25.3 Å². The van der Waals surface area contributed by atoms with Gasteiger partial charge in [-0.05, 0) is 40.2 Å². The van der Waals surface area contributed by atoms with Gasteiger partial charge in [0.15, 0.2) is 0 Å². The minimum Gasteiger partial charge on any atom is -0.496 e. The van der Waals surface area contributed by atoms with Crippen molar-refractivity contribution in [1.82, 2.24) is 14.7 Å². The summed E-state index contributed by atoms with van der Waals surface area (Å²) in [5.41, 5.74) is 2.14. The van der Waals surface area contributed by atoms with Crippen molar-refractivity contribution >= 4 is 27.5 Å². The van der Waals surface area contributed by atoms with E-state index in [0.29, 0.717) is 17.9 Å². The zero-order chi connectivity index (χ0) is 15.5. The molecule has 3 rings (SSSR count). The van der Waals surface area contributed by atoms with E-state index in [1.165, 1.54) is 0 Å². The first-order valence-corrected chi connectivity index (χ1v) is 7.51. The highest BCUT2D eigenvalue weighted by atomic mass is 79.9. The fraction of sp³-hybridized carbons (Fsp3) is 0.125. The molecule has 0 aliphatic rings. The number of para-hydroxylation sites is 1. The van der Waals surface area contributed by atoms with Gasteiger partial charge in [-0.2, -0.15) is 0 Å². The van der Waals surface area contributed by atoms with E-state index in [4.69, 9.17) is 4.74 Å². The molecule has 0 aliphatic heterocycles. The maximum Gasteiger partial charge on any atom is 0.255 e. The quantitative estimate of drug-likeness (QED) is 0.778. The van der Waals surface area contributed by atoms with Crippen LogP contribution < -0.4 is 10.1 Å². The summed E-state index contributed by atoms with van der Waals surface area (Å²) in [4.78, 5) is 16.7. The van der Waals surface area contributed by atoms with Gasteiger partial charge in [0.05, 0.1) is 24.9 Å². The Kier molecular flexibility index (Phi) is 4.11. The van der Waals surface area contributed by atoms with Gasteiger partial charge in [0, 0.05) is 16.9 Å². The number of pyridine rings is 1. The molecule has 112 valence electrons. The second kappa shape index (κ2) is 6.19. The van der Waals surface area contributed by atoms with Gasteiger partial charge in [-0.3, -0.25) is 4.79 Å². The van der Waals surface area contributed by atoms with Crippen molar-refractivity contribution < 1.29 is 9.53 Å². The smallest absolute Gasteiger partial charge is 0.255 e. The van der Waals surface area contributed by atoms with Crippen LogP contribution in [-0.4, -0.2) is 22.4 Å². The SMILES string of the molecule is COc1ccccc1C(=O)NCc1cn2cc(Br)ccc2n1. The summed E-state index contributed by atoms with van der Waals surface area (Å²) in [6, 6.07) is 11.0. The first-order valence-electron chi connectivity index (χ1n) is 6.72. The molecular weight excluding hydrogens is 346 g/mol. The molecule has 0 unspecified atom stereocenters. The van der Waals surface area contributed by atoms with Crippen LogP contribution in [0, 0.1) is 0 Å². The Bertz CT molecular complexity index is 829. The van der Waals surface area contributed by atoms with Crippen LogP contribution in [0.1, 0.15) is 16.1 Å². The molecule has 0 radical (unpaired) electrons. The standard InChI is InChI=1S/C16H14BrN3O2/c1-22-14-5-3-2-4-13(14)16(21)18-8-12-10-20-9-11(17)6-7-15(20)19-12/h2-7,9-10H,8H2,1H3,(H,18,21). The van der Waals surface area contributed by atoms with Gasteiger partial charge in [-0.25, -0.2) is 4.98 Å². The average Bonchev–Trinajstić information content (AvgIpc) is 2.94. The van der Waals surface area contributed by atoms with E-state index in [2.05, 4.69) is 26.2 Å². The van der Waals surface area contributed by atoms with Crippen LogP contribution in [0.4, 0.5) is 0 Å². The fourth-order valence-corrected chi connectivity index (χ4v) is 2.55. The minimum atomic E-state index is -0.185. The molecule has 2 heterocycles. The third kappa shape index (κ3) is 2.96. The Hall–Kier alpha value is -2.34. The molecule has 22 heavy (non-hydrogen) atoms. The van der Waals surface area contributed by atoms with Gasteiger partial charge in [0.25, 0.3) is 5.91 Å². The number of nitrogens with one attached hydrogen (secondary N) is 1. The predicted molar refractivity (Wildman–Crippen MR) is 87.1 cm³/mol. The van der Waals surface area contributed by atoms with Crippen LogP contribution in [0.2, 0.25) is 0 Å². The fourth-order valence-electron chi connectivity index (χ4n) is 2.20. The third-order valence-corrected chi connectivity index (χ3v) is 3.72. The molecule has 1 aromatic carbocycles. The molecule has 5 nitrogen and oxygen atoms in total. The number of methoxy groups -OCH3 is 1. The number of ether oxygens (including phenoxy) is 1. The van der Waals surface area contributed by atoms with Crippen LogP contribution in [0.25, 0.3) is 5.65 Å². The average molecular weight is 360 g/mol. The molecule has 1 amide bonds. The van der Waals surface area contributed by atoms with Crippen LogP contribution >= 0.6 is 15.9 Å². The van der Waals surface area contributed by atoms with Gasteiger partial charge >= 0.3 is 0 Å². The van der Waals surface area contributed by atoms with E-state index in [1.807, 2.05) is 35.0 Å². The second-order valence-electron chi connectivity index (χ2n) is 4.73. The highest BCUT2D eigenvalue weighted by Crippen LogP contribution is 2.17. The number of rotatable bonds is 4. The molecule has 0 fully saturated rings. The van der Waals surface area contributed by atoms with Gasteiger partial charge in [0.1, 0.15) is 11.4 Å². The van der Waals surface area contributed by atoms with Gasteiger partial charge in [-0.1, -0.05) is 12.1 Å². The van der Waals surface area contributed by atoms with Crippen molar-refractivity contribution in [3.8, 4) is 5.75 Å². The van der Waals surface area contributed by atoms with Gasteiger partial charge in [-0.15, -0.1) is 0 Å². The van der Waals surface area contributed by atoms with Crippen LogP contribution in [0.15, 0.2) is 53.3 Å². The van der Waals surface area contributed by atoms with Crippen molar-refractivity contribution in [2.24, 2.45) is 0 Å². The van der Waals surface area contributed by atoms with Gasteiger partial charge in [0.2, 0.25) is 0 Å². The number of fused-ring (bicyclic) bond motifs is 1. The molecule has 0 aliphatic carbocycles. The number of amides is 1. The Morgan fingerprint density at radius 2 is 2.09 bits per heavy atom. The van der Waals surface area contributed by atoms with Crippen LogP contribution in [0.5, 0.6) is 5.75 Å². The van der Waals surface area contributed by atoms with Crippen molar-refractivity contribution in [3.05, 3.63) is 64.5 Å². The zero-order valence-corrected chi connectivity index (χ0v) is 13.5. The number of imidazole rings is 1. The summed E-state index contributed by atoms with van der Waals surface area (Å²) < 4.78 is 8.08. The molecule has 0 saturated carbocycles. The highest BCUT2D eigenvalue weighted by Gasteiger charge is 2.11. The maximum absolute atomic E-state index is 12.2. The minimum absolute atomic E-state index is 0.185.